The Kier molecular flexibility index (Phi) is 6.77. The molecular weight excluding hydrogens is 420 g/mol. The summed E-state index contributed by atoms with van der Waals surface area (Å²) in [5.41, 5.74) is 9.05. The van der Waals surface area contributed by atoms with Crippen molar-refractivity contribution in [3.05, 3.63) is 60.4 Å². The molecular formula is C24H28N6O3. The van der Waals surface area contributed by atoms with Gasteiger partial charge in [0, 0.05) is 31.9 Å². The first-order chi connectivity index (χ1) is 16.1. The van der Waals surface area contributed by atoms with Crippen LogP contribution in [0.4, 0.5) is 28.7 Å². The molecule has 0 atom stereocenters. The summed E-state index contributed by atoms with van der Waals surface area (Å²) in [6.07, 6.45) is 1.48. The average Bonchev–Trinajstić information content (AvgIpc) is 2.86. The largest absolute Gasteiger partial charge is 0.497 e. The monoisotopic (exact) mass is 448 g/mol. The van der Waals surface area contributed by atoms with Crippen molar-refractivity contribution in [2.45, 2.75) is 6.92 Å². The molecule has 3 N–H and O–H groups in total. The highest BCUT2D eigenvalue weighted by Gasteiger charge is 2.22. The zero-order chi connectivity index (χ0) is 23.2. The predicted molar refractivity (Wildman–Crippen MR) is 130 cm³/mol. The molecule has 1 saturated heterocycles. The molecule has 1 aromatic heterocycles. The number of aromatic nitrogens is 2. The number of nitrogens with two attached hydrogens (primary N) is 1. The molecule has 1 fully saturated rings. The summed E-state index contributed by atoms with van der Waals surface area (Å²) < 4.78 is 10.4. The van der Waals surface area contributed by atoms with Crippen molar-refractivity contribution in [1.82, 2.24) is 9.97 Å². The number of nitrogen functional groups attached to an aromatic ring is 1. The van der Waals surface area contributed by atoms with E-state index in [9.17, 15) is 4.79 Å². The second kappa shape index (κ2) is 10.1. The Morgan fingerprint density at radius 3 is 2.42 bits per heavy atom. The van der Waals surface area contributed by atoms with Gasteiger partial charge in [-0.25, -0.2) is 14.8 Å². The Labute approximate surface area is 193 Å². The minimum absolute atomic E-state index is 0.301. The molecule has 0 spiro atoms. The van der Waals surface area contributed by atoms with Crippen LogP contribution in [0.5, 0.6) is 5.75 Å². The van der Waals surface area contributed by atoms with Gasteiger partial charge in [0.15, 0.2) is 11.6 Å². The van der Waals surface area contributed by atoms with Gasteiger partial charge in [-0.2, -0.15) is 0 Å². The summed E-state index contributed by atoms with van der Waals surface area (Å²) in [5, 5.41) is 3.18. The third kappa shape index (κ3) is 4.92. The number of anilines is 5. The third-order valence-corrected chi connectivity index (χ3v) is 5.56. The first-order valence-electron chi connectivity index (χ1n) is 10.9. The fourth-order valence-corrected chi connectivity index (χ4v) is 3.81. The normalized spacial score (nSPS) is 13.5. The maximum absolute atomic E-state index is 12.3. The molecule has 0 amide bonds. The SMILES string of the molecule is CCOC(=O)c1ccccc1Nc1ncnc(N2CCN(c3ccc(OC)cc3)CC2)c1N. The van der Waals surface area contributed by atoms with Crippen molar-refractivity contribution in [2.75, 3.05) is 60.7 Å². The fraction of sp³-hybridized carbons (Fsp3) is 0.292. The highest BCUT2D eigenvalue weighted by atomic mass is 16.5. The Balaban J connectivity index is 1.48. The van der Waals surface area contributed by atoms with Gasteiger partial charge in [0.1, 0.15) is 17.8 Å². The molecule has 0 unspecified atom stereocenters. The van der Waals surface area contributed by atoms with Gasteiger partial charge in [-0.1, -0.05) is 12.1 Å². The lowest BCUT2D eigenvalue weighted by atomic mass is 10.1. The molecule has 4 rings (SSSR count). The van der Waals surface area contributed by atoms with Crippen LogP contribution in [0, 0.1) is 0 Å². The number of methoxy groups -OCH3 is 1. The quantitative estimate of drug-likeness (QED) is 0.527. The fourth-order valence-electron chi connectivity index (χ4n) is 3.81. The van der Waals surface area contributed by atoms with Gasteiger partial charge in [0.25, 0.3) is 0 Å². The molecule has 0 saturated carbocycles. The van der Waals surface area contributed by atoms with Crippen LogP contribution < -0.4 is 25.6 Å². The van der Waals surface area contributed by atoms with E-state index in [2.05, 4.69) is 37.2 Å². The zero-order valence-corrected chi connectivity index (χ0v) is 18.8. The molecule has 2 aromatic carbocycles. The van der Waals surface area contributed by atoms with Crippen LogP contribution in [-0.4, -0.2) is 55.8 Å². The molecule has 9 nitrogen and oxygen atoms in total. The van der Waals surface area contributed by atoms with Crippen LogP contribution in [-0.2, 0) is 4.74 Å². The Hall–Kier alpha value is -4.01. The van der Waals surface area contributed by atoms with Gasteiger partial charge in [-0.3, -0.25) is 0 Å². The lowest BCUT2D eigenvalue weighted by Gasteiger charge is -2.37. The summed E-state index contributed by atoms with van der Waals surface area (Å²) in [6, 6.07) is 15.2. The maximum Gasteiger partial charge on any atom is 0.340 e. The van der Waals surface area contributed by atoms with Gasteiger partial charge < -0.3 is 30.3 Å². The first-order valence-corrected chi connectivity index (χ1v) is 10.9. The lowest BCUT2D eigenvalue weighted by Crippen LogP contribution is -2.47. The van der Waals surface area contributed by atoms with E-state index in [-0.39, 0.29) is 0 Å². The van der Waals surface area contributed by atoms with Crippen molar-refractivity contribution in [3.63, 3.8) is 0 Å². The van der Waals surface area contributed by atoms with Crippen molar-refractivity contribution < 1.29 is 14.3 Å². The number of rotatable bonds is 7. The van der Waals surface area contributed by atoms with E-state index in [1.165, 1.54) is 6.33 Å². The van der Waals surface area contributed by atoms with Gasteiger partial charge >= 0.3 is 5.97 Å². The maximum atomic E-state index is 12.3. The number of benzene rings is 2. The van der Waals surface area contributed by atoms with E-state index >= 15 is 0 Å². The van der Waals surface area contributed by atoms with E-state index in [0.717, 1.165) is 37.6 Å². The average molecular weight is 449 g/mol. The highest BCUT2D eigenvalue weighted by molar-refractivity contribution is 5.97. The summed E-state index contributed by atoms with van der Waals surface area (Å²) in [4.78, 5) is 25.5. The van der Waals surface area contributed by atoms with Gasteiger partial charge in [0.05, 0.1) is 25.0 Å². The van der Waals surface area contributed by atoms with E-state index in [4.69, 9.17) is 15.2 Å². The minimum atomic E-state index is -0.400. The van der Waals surface area contributed by atoms with E-state index in [1.807, 2.05) is 18.2 Å². The van der Waals surface area contributed by atoms with E-state index < -0.39 is 5.97 Å². The summed E-state index contributed by atoms with van der Waals surface area (Å²) in [6.45, 7) is 5.29. The Morgan fingerprint density at radius 2 is 1.73 bits per heavy atom. The number of para-hydroxylation sites is 1. The summed E-state index contributed by atoms with van der Waals surface area (Å²) in [5.74, 6) is 1.57. The molecule has 1 aliphatic heterocycles. The van der Waals surface area contributed by atoms with Crippen LogP contribution in [0.15, 0.2) is 54.9 Å². The molecule has 172 valence electrons. The van der Waals surface area contributed by atoms with Gasteiger partial charge in [0.2, 0.25) is 0 Å². The zero-order valence-electron chi connectivity index (χ0n) is 18.8. The number of carbonyl (C=O) groups is 1. The molecule has 0 aliphatic carbocycles. The number of ether oxygens (including phenoxy) is 2. The molecule has 2 heterocycles. The molecule has 0 bridgehead atoms. The smallest absolute Gasteiger partial charge is 0.340 e. The highest BCUT2D eigenvalue weighted by Crippen LogP contribution is 2.31. The van der Waals surface area contributed by atoms with Crippen LogP contribution in [0.2, 0.25) is 0 Å². The topological polar surface area (TPSA) is 106 Å². The Bertz CT molecular complexity index is 1100. The molecule has 9 heteroatoms. The minimum Gasteiger partial charge on any atom is -0.497 e. The Morgan fingerprint density at radius 1 is 1.03 bits per heavy atom. The van der Waals surface area contributed by atoms with Crippen molar-refractivity contribution in [2.24, 2.45) is 0 Å². The summed E-state index contributed by atoms with van der Waals surface area (Å²) in [7, 11) is 1.67. The van der Waals surface area contributed by atoms with Crippen molar-refractivity contribution in [1.29, 1.82) is 0 Å². The number of esters is 1. The number of piperazine rings is 1. The van der Waals surface area contributed by atoms with E-state index in [0.29, 0.717) is 35.2 Å². The number of hydrogen-bond acceptors (Lipinski definition) is 9. The number of carbonyl (C=O) groups excluding carboxylic acids is 1. The number of nitrogens with zero attached hydrogens (tertiary/aromatic N) is 4. The second-order valence-corrected chi connectivity index (χ2v) is 7.52. The molecule has 33 heavy (non-hydrogen) atoms. The standard InChI is InChI=1S/C24H28N6O3/c1-3-33-24(31)19-6-4-5-7-20(19)28-22-21(25)23(27-16-26-22)30-14-12-29(13-15-30)17-8-10-18(32-2)11-9-17/h4-11,16H,3,12-15,25H2,1-2H3,(H,26,27,28). The second-order valence-electron chi connectivity index (χ2n) is 7.52. The number of nitrogens with one attached hydrogen (secondary N) is 1. The lowest BCUT2D eigenvalue weighted by molar-refractivity contribution is 0.0527. The van der Waals surface area contributed by atoms with Crippen molar-refractivity contribution >= 4 is 34.7 Å². The summed E-state index contributed by atoms with van der Waals surface area (Å²) >= 11 is 0. The predicted octanol–water partition coefficient (Wildman–Crippen LogP) is 3.31. The molecule has 0 radical (unpaired) electrons. The van der Waals surface area contributed by atoms with E-state index in [1.54, 1.807) is 32.2 Å². The molecule has 3 aromatic rings. The van der Waals surface area contributed by atoms with Crippen LogP contribution in [0.3, 0.4) is 0 Å². The van der Waals surface area contributed by atoms with Gasteiger partial charge in [-0.05, 0) is 43.3 Å². The van der Waals surface area contributed by atoms with Gasteiger partial charge in [-0.15, -0.1) is 0 Å². The third-order valence-electron chi connectivity index (χ3n) is 5.56. The number of hydrogen-bond donors (Lipinski definition) is 2. The van der Waals surface area contributed by atoms with Crippen LogP contribution in [0.25, 0.3) is 0 Å². The van der Waals surface area contributed by atoms with Crippen molar-refractivity contribution in [3.8, 4) is 5.75 Å². The first kappa shape index (κ1) is 22.2. The van der Waals surface area contributed by atoms with Crippen LogP contribution in [0.1, 0.15) is 17.3 Å². The molecule has 1 aliphatic rings. The van der Waals surface area contributed by atoms with Crippen LogP contribution >= 0.6 is 0 Å².